The van der Waals surface area contributed by atoms with E-state index in [-0.39, 0.29) is 18.6 Å². The molecule has 1 aliphatic heterocycles. The molecule has 2 aromatic rings. The zero-order chi connectivity index (χ0) is 20.8. The molecular formula is C23H31N2O4+. The number of hydrogen-bond donors (Lipinski definition) is 2. The molecule has 0 bridgehead atoms. The highest BCUT2D eigenvalue weighted by molar-refractivity contribution is 5.77. The Morgan fingerprint density at radius 2 is 1.86 bits per heavy atom. The summed E-state index contributed by atoms with van der Waals surface area (Å²) in [7, 11) is 4.84. The number of hydrogen-bond acceptors (Lipinski definition) is 4. The van der Waals surface area contributed by atoms with E-state index in [9.17, 15) is 4.79 Å². The molecule has 0 aliphatic carbocycles. The maximum Gasteiger partial charge on any atom is 0.246 e. The third kappa shape index (κ3) is 4.89. The second-order valence-electron chi connectivity index (χ2n) is 7.46. The molecule has 1 amide bonds. The molecule has 156 valence electrons. The van der Waals surface area contributed by atoms with Gasteiger partial charge in [0.05, 0.1) is 27.3 Å². The number of carbonyl (C=O) groups excluding carboxylic acids is 1. The lowest BCUT2D eigenvalue weighted by molar-refractivity contribution is -0.945. The van der Waals surface area contributed by atoms with Gasteiger partial charge in [-0.05, 0) is 30.2 Å². The van der Waals surface area contributed by atoms with Crippen LogP contribution in [-0.2, 0) is 22.5 Å². The number of quaternary nitrogens is 1. The second-order valence-corrected chi connectivity index (χ2v) is 7.46. The lowest BCUT2D eigenvalue weighted by Crippen LogP contribution is -3.12. The van der Waals surface area contributed by atoms with Crippen molar-refractivity contribution in [3.05, 3.63) is 58.7 Å². The minimum absolute atomic E-state index is 0.0681. The van der Waals surface area contributed by atoms with Gasteiger partial charge in [0, 0.05) is 24.7 Å². The summed E-state index contributed by atoms with van der Waals surface area (Å²) in [5, 5.41) is 3.03. The van der Waals surface area contributed by atoms with Crippen molar-refractivity contribution in [3.8, 4) is 11.5 Å². The van der Waals surface area contributed by atoms with E-state index in [0.29, 0.717) is 6.54 Å². The second kappa shape index (κ2) is 9.76. The summed E-state index contributed by atoms with van der Waals surface area (Å²) in [6.07, 6.45) is 0.958. The van der Waals surface area contributed by atoms with Crippen molar-refractivity contribution in [2.75, 3.05) is 41.0 Å². The topological polar surface area (TPSA) is 61.2 Å². The van der Waals surface area contributed by atoms with Crippen LogP contribution in [0.4, 0.5) is 0 Å². The quantitative estimate of drug-likeness (QED) is 0.706. The van der Waals surface area contributed by atoms with Crippen LogP contribution in [0.2, 0.25) is 0 Å². The first-order chi connectivity index (χ1) is 14.1. The van der Waals surface area contributed by atoms with Gasteiger partial charge in [0.1, 0.15) is 19.2 Å². The predicted molar refractivity (Wildman–Crippen MR) is 112 cm³/mol. The predicted octanol–water partition coefficient (Wildman–Crippen LogP) is 1.46. The molecule has 0 aromatic heterocycles. The highest BCUT2D eigenvalue weighted by Crippen LogP contribution is 2.34. The number of carbonyl (C=O) groups is 1. The van der Waals surface area contributed by atoms with Crippen molar-refractivity contribution >= 4 is 5.91 Å². The van der Waals surface area contributed by atoms with E-state index in [2.05, 4.69) is 48.6 Å². The normalized spacial score (nSPS) is 18.1. The van der Waals surface area contributed by atoms with Gasteiger partial charge in [0.15, 0.2) is 11.5 Å². The van der Waals surface area contributed by atoms with Crippen molar-refractivity contribution < 1.29 is 23.9 Å². The van der Waals surface area contributed by atoms with Gasteiger partial charge in [-0.3, -0.25) is 4.79 Å². The summed E-state index contributed by atoms with van der Waals surface area (Å²) in [5.41, 5.74) is 5.08. The lowest BCUT2D eigenvalue weighted by atomic mass is 9.91. The summed E-state index contributed by atoms with van der Waals surface area (Å²) in [5.74, 6) is 1.36. The number of rotatable bonds is 8. The molecule has 0 spiro atoms. The van der Waals surface area contributed by atoms with Crippen LogP contribution in [0.25, 0.3) is 0 Å². The van der Waals surface area contributed by atoms with Gasteiger partial charge in [-0.25, -0.2) is 0 Å². The van der Waals surface area contributed by atoms with Crippen molar-refractivity contribution in [1.29, 1.82) is 0 Å². The fraction of sp³-hybridized carbons (Fsp3) is 0.435. The zero-order valence-electron chi connectivity index (χ0n) is 17.7. The average Bonchev–Trinajstić information content (AvgIpc) is 2.73. The first-order valence-corrected chi connectivity index (χ1v) is 9.96. The van der Waals surface area contributed by atoms with E-state index >= 15 is 0 Å². The van der Waals surface area contributed by atoms with E-state index in [1.807, 2.05) is 0 Å². The van der Waals surface area contributed by atoms with Gasteiger partial charge >= 0.3 is 0 Å². The molecule has 29 heavy (non-hydrogen) atoms. The molecule has 1 unspecified atom stereocenters. The minimum Gasteiger partial charge on any atom is -0.493 e. The molecule has 0 fully saturated rings. The van der Waals surface area contributed by atoms with E-state index in [4.69, 9.17) is 14.2 Å². The van der Waals surface area contributed by atoms with Gasteiger partial charge < -0.3 is 24.4 Å². The molecule has 2 atom stereocenters. The number of benzene rings is 2. The molecule has 0 radical (unpaired) electrons. The molecule has 6 heteroatoms. The van der Waals surface area contributed by atoms with Gasteiger partial charge in [-0.1, -0.05) is 24.3 Å². The van der Waals surface area contributed by atoms with E-state index in [0.717, 1.165) is 31.0 Å². The zero-order valence-corrected chi connectivity index (χ0v) is 17.7. The van der Waals surface area contributed by atoms with Gasteiger partial charge in [-0.15, -0.1) is 0 Å². The standard InChI is InChI=1S/C23H30N2O4/c1-16-7-5-6-8-18(16)14-25-10-9-17-11-21(28-3)22(29-4)12-19(17)20(25)13-24-23(26)15-27-2/h5-8,11-12,20H,9-10,13-15H2,1-4H3,(H,24,26)/p+1/t20-/m0/s1. The number of amides is 1. The SMILES string of the molecule is COCC(=O)NC[C@H]1c2cc(OC)c(OC)cc2CC[NH+]1Cc1ccccc1C. The van der Waals surface area contributed by atoms with Gasteiger partial charge in [0.2, 0.25) is 5.91 Å². The molecule has 6 nitrogen and oxygen atoms in total. The summed E-state index contributed by atoms with van der Waals surface area (Å²) in [6, 6.07) is 12.8. The maximum atomic E-state index is 12.1. The van der Waals surface area contributed by atoms with Crippen LogP contribution in [0.15, 0.2) is 36.4 Å². The Labute approximate surface area is 172 Å². The smallest absolute Gasteiger partial charge is 0.246 e. The molecule has 0 saturated carbocycles. The number of nitrogens with one attached hydrogen (secondary N) is 2. The molecule has 1 heterocycles. The minimum atomic E-state index is -0.102. The highest BCUT2D eigenvalue weighted by Gasteiger charge is 2.33. The number of fused-ring (bicyclic) bond motifs is 1. The average molecular weight is 400 g/mol. The van der Waals surface area contributed by atoms with Gasteiger partial charge in [0.25, 0.3) is 0 Å². The van der Waals surface area contributed by atoms with Gasteiger partial charge in [-0.2, -0.15) is 0 Å². The van der Waals surface area contributed by atoms with Crippen molar-refractivity contribution in [2.45, 2.75) is 25.9 Å². The third-order valence-corrected chi connectivity index (χ3v) is 5.69. The Bertz CT molecular complexity index is 853. The maximum absolute atomic E-state index is 12.1. The molecule has 3 rings (SSSR count). The van der Waals surface area contributed by atoms with Crippen LogP contribution in [0, 0.1) is 6.92 Å². The molecule has 0 saturated heterocycles. The van der Waals surface area contributed by atoms with Crippen molar-refractivity contribution in [1.82, 2.24) is 5.32 Å². The van der Waals surface area contributed by atoms with Crippen LogP contribution >= 0.6 is 0 Å². The Hall–Kier alpha value is -2.57. The van der Waals surface area contributed by atoms with Crippen LogP contribution in [0.1, 0.15) is 28.3 Å². The Morgan fingerprint density at radius 1 is 1.14 bits per heavy atom. The molecular weight excluding hydrogens is 368 g/mol. The van der Waals surface area contributed by atoms with Crippen molar-refractivity contribution in [3.63, 3.8) is 0 Å². The Balaban J connectivity index is 1.92. The number of methoxy groups -OCH3 is 3. The Morgan fingerprint density at radius 3 is 2.55 bits per heavy atom. The number of aryl methyl sites for hydroxylation is 1. The number of ether oxygens (including phenoxy) is 3. The highest BCUT2D eigenvalue weighted by atomic mass is 16.5. The third-order valence-electron chi connectivity index (χ3n) is 5.69. The van der Waals surface area contributed by atoms with E-state index in [1.54, 1.807) is 14.2 Å². The monoisotopic (exact) mass is 399 g/mol. The van der Waals surface area contributed by atoms with Crippen LogP contribution in [0.3, 0.4) is 0 Å². The van der Waals surface area contributed by atoms with E-state index < -0.39 is 0 Å². The molecule has 2 N–H and O–H groups in total. The fourth-order valence-corrected chi connectivity index (χ4v) is 4.08. The lowest BCUT2D eigenvalue weighted by Gasteiger charge is -2.35. The summed E-state index contributed by atoms with van der Waals surface area (Å²) < 4.78 is 16.0. The Kier molecular flexibility index (Phi) is 7.12. The summed E-state index contributed by atoms with van der Waals surface area (Å²) in [4.78, 5) is 13.5. The largest absolute Gasteiger partial charge is 0.493 e. The van der Waals surface area contributed by atoms with Crippen molar-refractivity contribution in [2.24, 2.45) is 0 Å². The van der Waals surface area contributed by atoms with Crippen LogP contribution in [-0.4, -0.2) is 46.9 Å². The molecule has 1 aliphatic rings. The summed E-state index contributed by atoms with van der Waals surface area (Å²) in [6.45, 7) is 4.66. The first kappa shape index (κ1) is 21.1. The van der Waals surface area contributed by atoms with E-state index in [1.165, 1.54) is 34.3 Å². The van der Waals surface area contributed by atoms with Crippen LogP contribution in [0.5, 0.6) is 11.5 Å². The fourth-order valence-electron chi connectivity index (χ4n) is 4.08. The first-order valence-electron chi connectivity index (χ1n) is 9.96. The molecule has 2 aromatic carbocycles. The summed E-state index contributed by atoms with van der Waals surface area (Å²) >= 11 is 0. The van der Waals surface area contributed by atoms with Crippen LogP contribution < -0.4 is 19.7 Å².